The third-order valence-electron chi connectivity index (χ3n) is 3.50. The third kappa shape index (κ3) is 4.41. The molecular weight excluding hydrogens is 418 g/mol. The van der Waals surface area contributed by atoms with Crippen LogP contribution in [0.15, 0.2) is 58.2 Å². The molecule has 3 aromatic rings. The molecule has 0 aliphatic carbocycles. The number of methoxy groups -OCH3 is 1. The molecule has 0 aliphatic rings. The summed E-state index contributed by atoms with van der Waals surface area (Å²) in [6.07, 6.45) is 0. The van der Waals surface area contributed by atoms with Crippen LogP contribution in [0.5, 0.6) is 5.75 Å². The Balaban J connectivity index is 1.70. The molecule has 7 nitrogen and oxygen atoms in total. The van der Waals surface area contributed by atoms with Crippen LogP contribution >= 0.6 is 27.7 Å². The number of hydrogen-bond acceptors (Lipinski definition) is 6. The molecule has 26 heavy (non-hydrogen) atoms. The fourth-order valence-electron chi connectivity index (χ4n) is 2.16. The van der Waals surface area contributed by atoms with E-state index in [4.69, 9.17) is 4.74 Å². The first-order valence-corrected chi connectivity index (χ1v) is 9.40. The number of aromatic nitrogens is 4. The zero-order valence-corrected chi connectivity index (χ0v) is 16.5. The molecule has 1 heterocycles. The zero-order valence-electron chi connectivity index (χ0n) is 14.1. The van der Waals surface area contributed by atoms with E-state index in [1.165, 1.54) is 11.8 Å². The Kier molecular flexibility index (Phi) is 5.89. The summed E-state index contributed by atoms with van der Waals surface area (Å²) in [4.78, 5) is 12.4. The summed E-state index contributed by atoms with van der Waals surface area (Å²) in [5, 5.41) is 14.8. The van der Waals surface area contributed by atoms with Gasteiger partial charge in [-0.25, -0.2) is 0 Å². The lowest BCUT2D eigenvalue weighted by Gasteiger charge is -2.12. The highest BCUT2D eigenvalue weighted by Gasteiger charge is 2.19. The largest absolute Gasteiger partial charge is 0.497 e. The van der Waals surface area contributed by atoms with Gasteiger partial charge in [0, 0.05) is 10.2 Å². The molecular formula is C17H16BrN5O2S. The van der Waals surface area contributed by atoms with Crippen molar-refractivity contribution < 1.29 is 9.53 Å². The molecule has 0 aliphatic heterocycles. The highest BCUT2D eigenvalue weighted by molar-refractivity contribution is 9.10. The van der Waals surface area contributed by atoms with Crippen LogP contribution in [-0.4, -0.2) is 38.5 Å². The Hall–Kier alpha value is -2.39. The van der Waals surface area contributed by atoms with Crippen molar-refractivity contribution in [2.24, 2.45) is 0 Å². The fourth-order valence-corrected chi connectivity index (χ4v) is 3.37. The normalized spacial score (nSPS) is 11.8. The number of ether oxygens (including phenoxy) is 1. The number of anilines is 1. The molecule has 0 saturated heterocycles. The summed E-state index contributed by atoms with van der Waals surface area (Å²) >= 11 is 4.67. The van der Waals surface area contributed by atoms with Crippen molar-refractivity contribution in [1.82, 2.24) is 20.2 Å². The van der Waals surface area contributed by atoms with Crippen molar-refractivity contribution in [1.29, 1.82) is 0 Å². The van der Waals surface area contributed by atoms with Gasteiger partial charge in [-0.15, -0.1) is 5.10 Å². The predicted octanol–water partition coefficient (Wildman–Crippen LogP) is 3.55. The third-order valence-corrected chi connectivity index (χ3v) is 5.03. The van der Waals surface area contributed by atoms with Gasteiger partial charge in [-0.3, -0.25) is 4.79 Å². The van der Waals surface area contributed by atoms with Gasteiger partial charge in [0.1, 0.15) is 5.75 Å². The summed E-state index contributed by atoms with van der Waals surface area (Å²) in [7, 11) is 1.61. The molecule has 134 valence electrons. The van der Waals surface area contributed by atoms with Gasteiger partial charge in [0.2, 0.25) is 11.1 Å². The second-order valence-electron chi connectivity index (χ2n) is 5.33. The number of nitrogens with one attached hydrogen (secondary N) is 1. The summed E-state index contributed by atoms with van der Waals surface area (Å²) < 4.78 is 7.65. The van der Waals surface area contributed by atoms with Crippen LogP contribution in [0.2, 0.25) is 0 Å². The van der Waals surface area contributed by atoms with Gasteiger partial charge < -0.3 is 10.1 Å². The number of nitrogens with zero attached hydrogens (tertiary/aromatic N) is 4. The minimum Gasteiger partial charge on any atom is -0.497 e. The second-order valence-corrected chi connectivity index (χ2v) is 7.55. The van der Waals surface area contributed by atoms with E-state index in [-0.39, 0.29) is 11.2 Å². The topological polar surface area (TPSA) is 81.9 Å². The van der Waals surface area contributed by atoms with Crippen LogP contribution in [0.4, 0.5) is 5.69 Å². The molecule has 1 aromatic heterocycles. The van der Waals surface area contributed by atoms with E-state index < -0.39 is 0 Å². The number of tetrazole rings is 1. The average molecular weight is 434 g/mol. The van der Waals surface area contributed by atoms with E-state index >= 15 is 0 Å². The molecule has 0 saturated carbocycles. The van der Waals surface area contributed by atoms with Gasteiger partial charge >= 0.3 is 0 Å². The monoisotopic (exact) mass is 433 g/mol. The van der Waals surface area contributed by atoms with E-state index in [9.17, 15) is 4.79 Å². The number of benzene rings is 2. The molecule has 1 atom stereocenters. The summed E-state index contributed by atoms with van der Waals surface area (Å²) in [5.41, 5.74) is 1.52. The van der Waals surface area contributed by atoms with E-state index in [1.54, 1.807) is 11.8 Å². The van der Waals surface area contributed by atoms with Crippen LogP contribution in [0.3, 0.4) is 0 Å². The molecule has 2 aromatic carbocycles. The lowest BCUT2D eigenvalue weighted by atomic mass is 10.3. The number of carbonyl (C=O) groups is 1. The molecule has 0 fully saturated rings. The molecule has 1 unspecified atom stereocenters. The Morgan fingerprint density at radius 2 is 2.04 bits per heavy atom. The maximum atomic E-state index is 12.4. The lowest BCUT2D eigenvalue weighted by Crippen LogP contribution is -2.22. The maximum absolute atomic E-state index is 12.4. The Bertz CT molecular complexity index is 900. The van der Waals surface area contributed by atoms with Gasteiger partial charge in [0.05, 0.1) is 18.0 Å². The average Bonchev–Trinajstić information content (AvgIpc) is 3.10. The summed E-state index contributed by atoms with van der Waals surface area (Å²) in [5.74, 6) is 0.621. The Labute approximate surface area is 163 Å². The van der Waals surface area contributed by atoms with Crippen molar-refractivity contribution in [2.45, 2.75) is 17.3 Å². The smallest absolute Gasteiger partial charge is 0.237 e. The molecule has 3 rings (SSSR count). The zero-order chi connectivity index (χ0) is 18.5. The van der Waals surface area contributed by atoms with Gasteiger partial charge in [0.15, 0.2) is 0 Å². The first-order valence-electron chi connectivity index (χ1n) is 7.72. The molecule has 1 amide bonds. The van der Waals surface area contributed by atoms with Crippen LogP contribution in [0.1, 0.15) is 6.92 Å². The van der Waals surface area contributed by atoms with Gasteiger partial charge in [0.25, 0.3) is 0 Å². The second kappa shape index (κ2) is 8.33. The van der Waals surface area contributed by atoms with Crippen molar-refractivity contribution in [3.8, 4) is 11.4 Å². The predicted molar refractivity (Wildman–Crippen MR) is 104 cm³/mol. The van der Waals surface area contributed by atoms with E-state index in [0.29, 0.717) is 5.16 Å². The summed E-state index contributed by atoms with van der Waals surface area (Å²) in [6.45, 7) is 1.81. The van der Waals surface area contributed by atoms with E-state index in [1.807, 2.05) is 55.5 Å². The van der Waals surface area contributed by atoms with Crippen molar-refractivity contribution in [3.05, 3.63) is 53.0 Å². The molecule has 0 spiro atoms. The van der Waals surface area contributed by atoms with Crippen molar-refractivity contribution >= 4 is 39.3 Å². The first kappa shape index (κ1) is 18.4. The molecule has 0 radical (unpaired) electrons. The van der Waals surface area contributed by atoms with Crippen LogP contribution in [0.25, 0.3) is 5.69 Å². The van der Waals surface area contributed by atoms with E-state index in [2.05, 4.69) is 36.8 Å². The Morgan fingerprint density at radius 3 is 2.73 bits per heavy atom. The van der Waals surface area contributed by atoms with E-state index in [0.717, 1.165) is 21.6 Å². The Morgan fingerprint density at radius 1 is 1.27 bits per heavy atom. The maximum Gasteiger partial charge on any atom is 0.237 e. The lowest BCUT2D eigenvalue weighted by molar-refractivity contribution is -0.115. The number of rotatable bonds is 6. The number of halogens is 1. The molecule has 9 heteroatoms. The van der Waals surface area contributed by atoms with Crippen LogP contribution in [-0.2, 0) is 4.79 Å². The number of thioether (sulfide) groups is 1. The van der Waals surface area contributed by atoms with Crippen molar-refractivity contribution in [2.75, 3.05) is 12.4 Å². The van der Waals surface area contributed by atoms with Crippen LogP contribution in [0, 0.1) is 0 Å². The molecule has 1 N–H and O–H groups in total. The highest BCUT2D eigenvalue weighted by Crippen LogP contribution is 2.25. The van der Waals surface area contributed by atoms with Gasteiger partial charge in [-0.05, 0) is 59.8 Å². The minimum absolute atomic E-state index is 0.127. The standard InChI is InChI=1S/C17H16BrN5O2S/c1-11(16(24)19-13-5-3-4-12(18)10-13)26-17-20-21-22-23(17)14-6-8-15(25-2)9-7-14/h3-11H,1-2H3,(H,19,24). The highest BCUT2D eigenvalue weighted by atomic mass is 79.9. The molecule has 0 bridgehead atoms. The van der Waals surface area contributed by atoms with Gasteiger partial charge in [-0.1, -0.05) is 33.8 Å². The van der Waals surface area contributed by atoms with Gasteiger partial charge in [-0.2, -0.15) is 4.68 Å². The van der Waals surface area contributed by atoms with Crippen molar-refractivity contribution in [3.63, 3.8) is 0 Å². The number of amides is 1. The SMILES string of the molecule is COc1ccc(-n2nnnc2SC(C)C(=O)Nc2cccc(Br)c2)cc1. The van der Waals surface area contributed by atoms with Crippen LogP contribution < -0.4 is 10.1 Å². The number of carbonyl (C=O) groups excluding carboxylic acids is 1. The first-order chi connectivity index (χ1) is 12.6. The fraction of sp³-hybridized carbons (Fsp3) is 0.176. The minimum atomic E-state index is -0.378. The quantitative estimate of drug-likeness (QED) is 0.598. The summed E-state index contributed by atoms with van der Waals surface area (Å²) in [6, 6.07) is 14.8. The number of hydrogen-bond donors (Lipinski definition) is 1.